The molecule has 0 spiro atoms. The molecule has 1 aromatic rings. The van der Waals surface area contributed by atoms with E-state index in [1.807, 2.05) is 0 Å². The summed E-state index contributed by atoms with van der Waals surface area (Å²) in [6.07, 6.45) is 1.15. The number of hydrazone groups is 1. The molecule has 0 aliphatic carbocycles. The lowest BCUT2D eigenvalue weighted by atomic mass is 10.5. The van der Waals surface area contributed by atoms with Gasteiger partial charge in [0.25, 0.3) is 0 Å². The predicted molar refractivity (Wildman–Crippen MR) is 48.6 cm³/mol. The summed E-state index contributed by atoms with van der Waals surface area (Å²) in [5.41, 5.74) is 2.21. The average molecular weight is 213 g/mol. The second kappa shape index (κ2) is 4.74. The molecule has 0 atom stereocenters. The Morgan fingerprint density at radius 1 is 1.73 bits per heavy atom. The molecular weight excluding hydrogens is 206 g/mol. The Balaban J connectivity index is 2.50. The van der Waals surface area contributed by atoms with E-state index in [4.69, 9.17) is 9.52 Å². The summed E-state index contributed by atoms with van der Waals surface area (Å²) in [6.45, 7) is -0.334. The third kappa shape index (κ3) is 3.46. The molecule has 2 N–H and O–H groups in total. The Morgan fingerprint density at radius 2 is 2.47 bits per heavy atom. The maximum Gasteiger partial charge on any atom is 0.433 e. The van der Waals surface area contributed by atoms with Crippen LogP contribution in [0.2, 0.25) is 0 Å². The molecule has 8 nitrogen and oxygen atoms in total. The third-order valence-corrected chi connectivity index (χ3v) is 1.31. The zero-order valence-corrected chi connectivity index (χ0v) is 7.41. The van der Waals surface area contributed by atoms with E-state index in [-0.39, 0.29) is 12.3 Å². The lowest BCUT2D eigenvalue weighted by Crippen LogP contribution is -2.16. The van der Waals surface area contributed by atoms with Gasteiger partial charge in [-0.25, -0.2) is 0 Å². The molecule has 1 heterocycles. The van der Waals surface area contributed by atoms with Crippen LogP contribution in [0, 0.1) is 10.1 Å². The second-order valence-electron chi connectivity index (χ2n) is 2.42. The molecular formula is C7H7N3O5. The molecule has 0 amide bonds. The van der Waals surface area contributed by atoms with E-state index in [1.165, 1.54) is 12.1 Å². The summed E-state index contributed by atoms with van der Waals surface area (Å²) in [5.74, 6) is -1.29. The minimum atomic E-state index is -1.06. The number of nitrogens with one attached hydrogen (secondary N) is 1. The van der Waals surface area contributed by atoms with Crippen LogP contribution in [0.25, 0.3) is 0 Å². The number of nitrogens with zero attached hydrogens (tertiary/aromatic N) is 2. The van der Waals surface area contributed by atoms with Crippen LogP contribution in [-0.2, 0) is 4.79 Å². The number of aliphatic carboxylic acids is 1. The minimum absolute atomic E-state index is 0.166. The van der Waals surface area contributed by atoms with Crippen molar-refractivity contribution in [1.29, 1.82) is 0 Å². The molecule has 0 bridgehead atoms. The Kier molecular flexibility index (Phi) is 3.38. The van der Waals surface area contributed by atoms with E-state index in [1.54, 1.807) is 0 Å². The Morgan fingerprint density at radius 3 is 3.00 bits per heavy atom. The molecule has 0 aromatic carbocycles. The largest absolute Gasteiger partial charge is 0.480 e. The van der Waals surface area contributed by atoms with Gasteiger partial charge >= 0.3 is 11.9 Å². The fourth-order valence-corrected chi connectivity index (χ4v) is 0.732. The van der Waals surface area contributed by atoms with E-state index in [0.29, 0.717) is 0 Å². The molecule has 0 aliphatic heterocycles. The van der Waals surface area contributed by atoms with Gasteiger partial charge in [0.15, 0.2) is 5.76 Å². The van der Waals surface area contributed by atoms with Gasteiger partial charge in [-0.1, -0.05) is 0 Å². The van der Waals surface area contributed by atoms with Crippen LogP contribution in [0.5, 0.6) is 0 Å². The van der Waals surface area contributed by atoms with Gasteiger partial charge in [-0.2, -0.15) is 5.10 Å². The molecule has 80 valence electrons. The van der Waals surface area contributed by atoms with Gasteiger partial charge in [0.1, 0.15) is 11.5 Å². The molecule has 0 aliphatic rings. The smallest absolute Gasteiger partial charge is 0.433 e. The van der Waals surface area contributed by atoms with Crippen LogP contribution in [-0.4, -0.2) is 28.8 Å². The highest BCUT2D eigenvalue weighted by Crippen LogP contribution is 2.13. The summed E-state index contributed by atoms with van der Waals surface area (Å²) in [6, 6.07) is 2.53. The van der Waals surface area contributed by atoms with E-state index < -0.39 is 16.8 Å². The predicted octanol–water partition coefficient (Wildman–Crippen LogP) is 0.196. The first-order valence-corrected chi connectivity index (χ1v) is 3.81. The number of carboxylic acids is 1. The summed E-state index contributed by atoms with van der Waals surface area (Å²) in [5, 5.41) is 21.9. The number of hydrogen-bond donors (Lipinski definition) is 2. The van der Waals surface area contributed by atoms with Crippen LogP contribution in [0.15, 0.2) is 21.7 Å². The lowest BCUT2D eigenvalue weighted by Gasteiger charge is -1.91. The number of furan rings is 1. The van der Waals surface area contributed by atoms with Crippen LogP contribution < -0.4 is 5.43 Å². The molecule has 0 saturated carbocycles. The highest BCUT2D eigenvalue weighted by Gasteiger charge is 2.09. The molecule has 1 rings (SSSR count). The Hall–Kier alpha value is -2.38. The first-order chi connectivity index (χ1) is 7.09. The molecule has 0 fully saturated rings. The van der Waals surface area contributed by atoms with Crippen molar-refractivity contribution >= 4 is 18.1 Å². The Bertz CT molecular complexity index is 397. The van der Waals surface area contributed by atoms with Gasteiger partial charge in [0.2, 0.25) is 0 Å². The normalized spacial score (nSPS) is 10.4. The first-order valence-electron chi connectivity index (χ1n) is 3.81. The maximum atomic E-state index is 10.2. The van der Waals surface area contributed by atoms with E-state index in [0.717, 1.165) is 6.21 Å². The van der Waals surface area contributed by atoms with Gasteiger partial charge in [-0.15, -0.1) is 0 Å². The molecule has 8 heteroatoms. The van der Waals surface area contributed by atoms with E-state index in [2.05, 4.69) is 10.5 Å². The highest BCUT2D eigenvalue weighted by molar-refractivity contribution is 5.76. The van der Waals surface area contributed by atoms with Crippen molar-refractivity contribution in [2.45, 2.75) is 0 Å². The van der Waals surface area contributed by atoms with Crippen molar-refractivity contribution in [3.8, 4) is 0 Å². The number of nitro groups is 1. The van der Waals surface area contributed by atoms with Gasteiger partial charge in [-0.3, -0.25) is 20.3 Å². The van der Waals surface area contributed by atoms with Gasteiger partial charge in [0.05, 0.1) is 12.3 Å². The molecule has 0 unspecified atom stereocenters. The van der Waals surface area contributed by atoms with E-state index in [9.17, 15) is 14.9 Å². The lowest BCUT2D eigenvalue weighted by molar-refractivity contribution is -0.402. The first kappa shape index (κ1) is 10.7. The minimum Gasteiger partial charge on any atom is -0.480 e. The fraction of sp³-hybridized carbons (Fsp3) is 0.143. The van der Waals surface area contributed by atoms with Crippen molar-refractivity contribution in [3.63, 3.8) is 0 Å². The molecule has 15 heavy (non-hydrogen) atoms. The SMILES string of the molecule is O=C(O)CN/N=C\c1ccc([N+](=O)[O-])o1. The van der Waals surface area contributed by atoms with Crippen LogP contribution in [0.1, 0.15) is 5.76 Å². The monoisotopic (exact) mass is 213 g/mol. The zero-order valence-electron chi connectivity index (χ0n) is 7.41. The fourth-order valence-electron chi connectivity index (χ4n) is 0.732. The van der Waals surface area contributed by atoms with Crippen molar-refractivity contribution in [2.75, 3.05) is 6.54 Å². The molecule has 0 radical (unpaired) electrons. The van der Waals surface area contributed by atoms with Crippen LogP contribution in [0.4, 0.5) is 5.88 Å². The molecule has 1 aromatic heterocycles. The Labute approximate surface area is 83.3 Å². The van der Waals surface area contributed by atoms with E-state index >= 15 is 0 Å². The van der Waals surface area contributed by atoms with Crippen molar-refractivity contribution in [2.24, 2.45) is 5.10 Å². The van der Waals surface area contributed by atoms with Gasteiger partial charge in [-0.05, 0) is 6.07 Å². The number of carboxylic acid groups (broad SMARTS) is 1. The van der Waals surface area contributed by atoms with Crippen molar-refractivity contribution in [3.05, 3.63) is 28.0 Å². The average Bonchev–Trinajstić information content (AvgIpc) is 2.60. The topological polar surface area (TPSA) is 118 Å². The molecule has 0 saturated heterocycles. The number of carbonyl (C=O) groups is 1. The standard InChI is InChI=1S/C7H7N3O5/c11-7(12)4-9-8-3-5-1-2-6(15-5)10(13)14/h1-3,9H,4H2,(H,11,12)/b8-3-. The van der Waals surface area contributed by atoms with Gasteiger partial charge in [0, 0.05) is 0 Å². The zero-order chi connectivity index (χ0) is 11.3. The summed E-state index contributed by atoms with van der Waals surface area (Å²) in [7, 11) is 0. The van der Waals surface area contributed by atoms with Gasteiger partial charge < -0.3 is 9.52 Å². The summed E-state index contributed by atoms with van der Waals surface area (Å²) < 4.78 is 4.72. The third-order valence-electron chi connectivity index (χ3n) is 1.31. The second-order valence-corrected chi connectivity index (χ2v) is 2.42. The van der Waals surface area contributed by atoms with Crippen LogP contribution in [0.3, 0.4) is 0 Å². The number of hydrogen-bond acceptors (Lipinski definition) is 6. The number of rotatable bonds is 5. The highest BCUT2D eigenvalue weighted by atomic mass is 16.6. The van der Waals surface area contributed by atoms with Crippen LogP contribution >= 0.6 is 0 Å². The summed E-state index contributed by atoms with van der Waals surface area (Å²) in [4.78, 5) is 19.6. The maximum absolute atomic E-state index is 10.2. The quantitative estimate of drug-likeness (QED) is 0.409. The summed E-state index contributed by atoms with van der Waals surface area (Å²) >= 11 is 0. The van der Waals surface area contributed by atoms with Crippen molar-refractivity contribution < 1.29 is 19.2 Å². The van der Waals surface area contributed by atoms with Crippen molar-refractivity contribution in [1.82, 2.24) is 5.43 Å².